The van der Waals surface area contributed by atoms with E-state index < -0.39 is 0 Å². The topological polar surface area (TPSA) is 77.1 Å². The number of rotatable bonds is 8. The first kappa shape index (κ1) is 26.1. The van der Waals surface area contributed by atoms with Crippen molar-refractivity contribution in [2.45, 2.75) is 40.0 Å². The summed E-state index contributed by atoms with van der Waals surface area (Å²) in [7, 11) is 0. The second-order valence-corrected chi connectivity index (χ2v) is 10.2. The van der Waals surface area contributed by atoms with Gasteiger partial charge in [-0.15, -0.1) is 0 Å². The zero-order valence-corrected chi connectivity index (χ0v) is 22.1. The lowest BCUT2D eigenvalue weighted by atomic mass is 9.87. The van der Waals surface area contributed by atoms with Crippen LogP contribution in [0.5, 0.6) is 17.2 Å². The molecule has 1 aliphatic rings. The molecule has 0 fully saturated rings. The van der Waals surface area contributed by atoms with E-state index in [-0.39, 0.29) is 30.4 Å². The molecule has 3 aromatic rings. The van der Waals surface area contributed by atoms with Gasteiger partial charge in [-0.3, -0.25) is 9.59 Å². The zero-order valence-electron chi connectivity index (χ0n) is 22.1. The van der Waals surface area contributed by atoms with Gasteiger partial charge in [0.05, 0.1) is 12.2 Å². The standard InChI is InChI=1S/C30H34N2O5/c1-20-6-7-21(2)27(16-20)36-18-28(33)31-23-10-13-26-25(17-23)32(29(34)19-37-26)14-15-35-24-11-8-22(9-12-24)30(3,4)5/h6-13,16-17H,14-15,18-19H2,1-5H3,(H,31,33). The van der Waals surface area contributed by atoms with Gasteiger partial charge in [-0.25, -0.2) is 0 Å². The van der Waals surface area contributed by atoms with Crippen LogP contribution in [0.15, 0.2) is 60.7 Å². The molecule has 2 amide bonds. The van der Waals surface area contributed by atoms with Crippen molar-refractivity contribution in [1.82, 2.24) is 0 Å². The smallest absolute Gasteiger partial charge is 0.265 e. The van der Waals surface area contributed by atoms with Gasteiger partial charge in [0.2, 0.25) is 0 Å². The Morgan fingerprint density at radius 1 is 1.00 bits per heavy atom. The summed E-state index contributed by atoms with van der Waals surface area (Å²) in [5.41, 5.74) is 4.47. The molecular weight excluding hydrogens is 468 g/mol. The molecule has 0 atom stereocenters. The number of carbonyl (C=O) groups is 2. The second kappa shape index (κ2) is 10.9. The number of aryl methyl sites for hydroxylation is 2. The number of nitrogens with zero attached hydrogens (tertiary/aromatic N) is 1. The molecule has 3 aromatic carbocycles. The molecule has 0 saturated carbocycles. The highest BCUT2D eigenvalue weighted by Gasteiger charge is 2.26. The molecular formula is C30H34N2O5. The van der Waals surface area contributed by atoms with E-state index in [0.717, 1.165) is 16.9 Å². The minimum Gasteiger partial charge on any atom is -0.492 e. The molecule has 37 heavy (non-hydrogen) atoms. The number of fused-ring (bicyclic) bond motifs is 1. The molecule has 4 rings (SSSR count). The van der Waals surface area contributed by atoms with Gasteiger partial charge in [0.25, 0.3) is 11.8 Å². The lowest BCUT2D eigenvalue weighted by Gasteiger charge is -2.29. The van der Waals surface area contributed by atoms with Crippen LogP contribution in [0.4, 0.5) is 11.4 Å². The highest BCUT2D eigenvalue weighted by molar-refractivity contribution is 5.99. The van der Waals surface area contributed by atoms with Crippen molar-refractivity contribution in [2.75, 3.05) is 36.6 Å². The van der Waals surface area contributed by atoms with Crippen LogP contribution in [-0.4, -0.2) is 38.2 Å². The Balaban J connectivity index is 1.37. The van der Waals surface area contributed by atoms with Gasteiger partial charge in [-0.2, -0.15) is 0 Å². The average Bonchev–Trinajstić information content (AvgIpc) is 2.85. The monoisotopic (exact) mass is 502 g/mol. The number of carbonyl (C=O) groups excluding carboxylic acids is 2. The molecule has 0 spiro atoms. The van der Waals surface area contributed by atoms with Crippen molar-refractivity contribution >= 4 is 23.2 Å². The van der Waals surface area contributed by atoms with E-state index in [1.807, 2.05) is 44.2 Å². The molecule has 0 unspecified atom stereocenters. The lowest BCUT2D eigenvalue weighted by molar-refractivity contribution is -0.121. The molecule has 0 aromatic heterocycles. The summed E-state index contributed by atoms with van der Waals surface area (Å²) in [4.78, 5) is 26.8. The first-order valence-electron chi connectivity index (χ1n) is 12.4. The fourth-order valence-electron chi connectivity index (χ4n) is 4.03. The Morgan fingerprint density at radius 2 is 1.76 bits per heavy atom. The highest BCUT2D eigenvalue weighted by Crippen LogP contribution is 2.34. The SMILES string of the molecule is Cc1ccc(C)c(OCC(=O)Nc2ccc3c(c2)N(CCOc2ccc(C(C)(C)C)cc2)C(=O)CO3)c1. The Bertz CT molecular complexity index is 1280. The van der Waals surface area contributed by atoms with Gasteiger partial charge in [-0.05, 0) is 72.4 Å². The van der Waals surface area contributed by atoms with Crippen LogP contribution < -0.4 is 24.4 Å². The van der Waals surface area contributed by atoms with Crippen molar-refractivity contribution < 1.29 is 23.8 Å². The number of hydrogen-bond donors (Lipinski definition) is 1. The van der Waals surface area contributed by atoms with Crippen LogP contribution >= 0.6 is 0 Å². The number of amides is 2. The van der Waals surface area contributed by atoms with E-state index in [0.29, 0.717) is 36.0 Å². The van der Waals surface area contributed by atoms with Crippen molar-refractivity contribution in [1.29, 1.82) is 0 Å². The molecule has 0 bridgehead atoms. The van der Waals surface area contributed by atoms with Gasteiger partial charge < -0.3 is 24.4 Å². The number of ether oxygens (including phenoxy) is 3. The first-order valence-corrected chi connectivity index (χ1v) is 12.4. The van der Waals surface area contributed by atoms with Gasteiger partial charge in [0.15, 0.2) is 13.2 Å². The first-order chi connectivity index (χ1) is 17.6. The normalized spacial score (nSPS) is 13.0. The molecule has 7 nitrogen and oxygen atoms in total. The Hall–Kier alpha value is -4.00. The quantitative estimate of drug-likeness (QED) is 0.445. The molecule has 0 saturated heterocycles. The summed E-state index contributed by atoms with van der Waals surface area (Å²) in [5, 5.41) is 2.84. The zero-order chi connectivity index (χ0) is 26.6. The summed E-state index contributed by atoms with van der Waals surface area (Å²) in [5.74, 6) is 1.55. The summed E-state index contributed by atoms with van der Waals surface area (Å²) in [6, 6.07) is 19.1. The summed E-state index contributed by atoms with van der Waals surface area (Å²) >= 11 is 0. The maximum atomic E-state index is 12.6. The predicted molar refractivity (Wildman–Crippen MR) is 145 cm³/mol. The number of nitrogens with one attached hydrogen (secondary N) is 1. The fraction of sp³-hybridized carbons (Fsp3) is 0.333. The maximum Gasteiger partial charge on any atom is 0.265 e. The largest absolute Gasteiger partial charge is 0.492 e. The number of benzene rings is 3. The van der Waals surface area contributed by atoms with Crippen molar-refractivity contribution in [3.8, 4) is 17.2 Å². The predicted octanol–water partition coefficient (Wildman–Crippen LogP) is 5.42. The highest BCUT2D eigenvalue weighted by atomic mass is 16.5. The molecule has 1 N–H and O–H groups in total. The summed E-state index contributed by atoms with van der Waals surface area (Å²) < 4.78 is 17.2. The number of hydrogen-bond acceptors (Lipinski definition) is 5. The van der Waals surface area contributed by atoms with Gasteiger partial charge >= 0.3 is 0 Å². The van der Waals surface area contributed by atoms with E-state index in [9.17, 15) is 9.59 Å². The van der Waals surface area contributed by atoms with Crippen LogP contribution in [0, 0.1) is 13.8 Å². The van der Waals surface area contributed by atoms with E-state index >= 15 is 0 Å². The molecule has 0 radical (unpaired) electrons. The Morgan fingerprint density at radius 3 is 2.49 bits per heavy atom. The van der Waals surface area contributed by atoms with E-state index in [1.54, 1.807) is 23.1 Å². The van der Waals surface area contributed by atoms with E-state index in [4.69, 9.17) is 14.2 Å². The summed E-state index contributed by atoms with van der Waals surface area (Å²) in [6.45, 7) is 10.9. The second-order valence-electron chi connectivity index (χ2n) is 10.2. The third-order valence-electron chi connectivity index (χ3n) is 6.19. The third kappa shape index (κ3) is 6.61. The molecule has 1 heterocycles. The van der Waals surface area contributed by atoms with Crippen LogP contribution in [0.2, 0.25) is 0 Å². The van der Waals surface area contributed by atoms with Crippen molar-refractivity contribution in [3.63, 3.8) is 0 Å². The molecule has 194 valence electrons. The molecule has 0 aliphatic carbocycles. The van der Waals surface area contributed by atoms with Crippen LogP contribution in [0.1, 0.15) is 37.5 Å². The van der Waals surface area contributed by atoms with Crippen LogP contribution in [0.25, 0.3) is 0 Å². The fourth-order valence-corrected chi connectivity index (χ4v) is 4.03. The molecule has 1 aliphatic heterocycles. The maximum absolute atomic E-state index is 12.6. The van der Waals surface area contributed by atoms with Crippen molar-refractivity contribution in [2.24, 2.45) is 0 Å². The van der Waals surface area contributed by atoms with E-state index in [2.05, 4.69) is 38.2 Å². The van der Waals surface area contributed by atoms with Crippen molar-refractivity contribution in [3.05, 3.63) is 77.4 Å². The molecule has 7 heteroatoms. The number of anilines is 2. The average molecular weight is 503 g/mol. The lowest BCUT2D eigenvalue weighted by Crippen LogP contribution is -2.41. The Kier molecular flexibility index (Phi) is 7.71. The van der Waals surface area contributed by atoms with Crippen LogP contribution in [-0.2, 0) is 15.0 Å². The minimum absolute atomic E-state index is 0.0390. The van der Waals surface area contributed by atoms with Gasteiger partial charge in [-0.1, -0.05) is 45.0 Å². The van der Waals surface area contributed by atoms with Crippen LogP contribution in [0.3, 0.4) is 0 Å². The summed E-state index contributed by atoms with van der Waals surface area (Å²) in [6.07, 6.45) is 0. The minimum atomic E-state index is -0.294. The van der Waals surface area contributed by atoms with Gasteiger partial charge in [0, 0.05) is 5.69 Å². The Labute approximate surface area is 218 Å². The third-order valence-corrected chi connectivity index (χ3v) is 6.19. The van der Waals surface area contributed by atoms with E-state index in [1.165, 1.54) is 5.56 Å². The van der Waals surface area contributed by atoms with Gasteiger partial charge in [0.1, 0.15) is 23.9 Å².